The van der Waals surface area contributed by atoms with Gasteiger partial charge in [0.2, 0.25) is 5.91 Å². The molecule has 0 aromatic heterocycles. The second-order valence-electron chi connectivity index (χ2n) is 8.52. The molecule has 158 valence electrons. The van der Waals surface area contributed by atoms with Crippen LogP contribution in [0.25, 0.3) is 0 Å². The van der Waals surface area contributed by atoms with E-state index >= 15 is 0 Å². The maximum atomic E-state index is 13.8. The summed E-state index contributed by atoms with van der Waals surface area (Å²) in [5, 5.41) is 2.93. The van der Waals surface area contributed by atoms with Crippen molar-refractivity contribution in [2.24, 2.45) is 5.92 Å². The molecule has 2 amide bonds. The number of hydrogen-bond acceptors (Lipinski definition) is 4. The van der Waals surface area contributed by atoms with Crippen molar-refractivity contribution in [3.8, 4) is 0 Å². The van der Waals surface area contributed by atoms with E-state index in [4.69, 9.17) is 9.47 Å². The Hall–Kier alpha value is -1.99. The Balaban J connectivity index is 1.56. The van der Waals surface area contributed by atoms with Crippen molar-refractivity contribution in [1.82, 2.24) is 10.2 Å². The number of rotatable bonds is 4. The first-order valence-corrected chi connectivity index (χ1v) is 10.6. The van der Waals surface area contributed by atoms with Crippen molar-refractivity contribution < 1.29 is 23.5 Å². The molecule has 3 aliphatic rings. The van der Waals surface area contributed by atoms with Gasteiger partial charge in [-0.25, -0.2) is 4.39 Å². The first-order chi connectivity index (χ1) is 14.0. The van der Waals surface area contributed by atoms with Gasteiger partial charge in [0.1, 0.15) is 17.6 Å². The largest absolute Gasteiger partial charge is 0.376 e. The number of ether oxygens (including phenoxy) is 2. The number of carbonyl (C=O) groups is 2. The van der Waals surface area contributed by atoms with Gasteiger partial charge >= 0.3 is 0 Å². The topological polar surface area (TPSA) is 67.9 Å². The fraction of sp³-hybridized carbons (Fsp3) is 0.636. The average molecular weight is 404 g/mol. The number of benzene rings is 1. The standard InChI is InChI=1S/C22H29FN2O4/c1-15-7-9-22(10-8-15)25(21(27)16-4-2-5-17(23)12-16)19(14-29-22)20(26)24-13-18-6-3-11-28-18/h2,4-5,12,15,18-19H,3,6-11,13-14H2,1H3,(H,24,26)/t15?,18-,19-,22?/m0/s1. The van der Waals surface area contributed by atoms with Crippen molar-refractivity contribution in [2.75, 3.05) is 19.8 Å². The molecule has 1 N–H and O–H groups in total. The molecule has 29 heavy (non-hydrogen) atoms. The van der Waals surface area contributed by atoms with Gasteiger partial charge in [-0.05, 0) is 62.6 Å². The Morgan fingerprint density at radius 3 is 2.76 bits per heavy atom. The van der Waals surface area contributed by atoms with Crippen LogP contribution in [0.3, 0.4) is 0 Å². The van der Waals surface area contributed by atoms with Crippen LogP contribution in [0.2, 0.25) is 0 Å². The van der Waals surface area contributed by atoms with Crippen molar-refractivity contribution in [3.63, 3.8) is 0 Å². The molecule has 1 aliphatic carbocycles. The lowest BCUT2D eigenvalue weighted by Crippen LogP contribution is -2.57. The van der Waals surface area contributed by atoms with E-state index in [1.54, 1.807) is 11.0 Å². The van der Waals surface area contributed by atoms with Gasteiger partial charge in [-0.3, -0.25) is 14.5 Å². The first kappa shape index (κ1) is 20.3. The maximum Gasteiger partial charge on any atom is 0.256 e. The van der Waals surface area contributed by atoms with E-state index < -0.39 is 17.6 Å². The van der Waals surface area contributed by atoms with Gasteiger partial charge in [-0.15, -0.1) is 0 Å². The minimum absolute atomic E-state index is 0.0260. The van der Waals surface area contributed by atoms with E-state index in [2.05, 4.69) is 12.2 Å². The molecule has 2 heterocycles. The molecule has 1 aromatic carbocycles. The summed E-state index contributed by atoms with van der Waals surface area (Å²) in [5.74, 6) is -0.501. The zero-order valence-electron chi connectivity index (χ0n) is 16.9. The highest BCUT2D eigenvalue weighted by atomic mass is 19.1. The molecule has 0 radical (unpaired) electrons. The van der Waals surface area contributed by atoms with Crippen molar-refractivity contribution in [1.29, 1.82) is 0 Å². The molecule has 6 nitrogen and oxygen atoms in total. The van der Waals surface area contributed by atoms with Gasteiger partial charge in [-0.1, -0.05) is 13.0 Å². The number of amides is 2. The summed E-state index contributed by atoms with van der Waals surface area (Å²) in [6.45, 7) is 3.50. The zero-order chi connectivity index (χ0) is 20.4. The molecule has 4 rings (SSSR count). The molecule has 0 unspecified atom stereocenters. The fourth-order valence-corrected chi connectivity index (χ4v) is 4.68. The lowest BCUT2D eigenvalue weighted by Gasteiger charge is -2.43. The summed E-state index contributed by atoms with van der Waals surface area (Å²) in [6, 6.07) is 4.91. The number of hydrogen-bond donors (Lipinski definition) is 1. The Bertz CT molecular complexity index is 757. The third-order valence-corrected chi connectivity index (χ3v) is 6.44. The van der Waals surface area contributed by atoms with Crippen LogP contribution in [0.4, 0.5) is 4.39 Å². The quantitative estimate of drug-likeness (QED) is 0.838. The van der Waals surface area contributed by atoms with Crippen molar-refractivity contribution in [3.05, 3.63) is 35.6 Å². The predicted molar refractivity (Wildman–Crippen MR) is 105 cm³/mol. The molecular weight excluding hydrogens is 375 g/mol. The normalized spacial score (nSPS) is 31.9. The number of halogens is 1. The molecule has 1 saturated carbocycles. The van der Waals surface area contributed by atoms with Crippen molar-refractivity contribution in [2.45, 2.75) is 63.3 Å². The van der Waals surface area contributed by atoms with Crippen LogP contribution in [-0.4, -0.2) is 54.3 Å². The van der Waals surface area contributed by atoms with Crippen LogP contribution in [0, 0.1) is 11.7 Å². The van der Waals surface area contributed by atoms with Gasteiger partial charge in [0.25, 0.3) is 5.91 Å². The van der Waals surface area contributed by atoms with Gasteiger partial charge in [0.05, 0.1) is 12.7 Å². The van der Waals surface area contributed by atoms with Gasteiger partial charge in [-0.2, -0.15) is 0 Å². The SMILES string of the molecule is CC1CCC2(CC1)OC[C@@H](C(=O)NC[C@@H]1CCCO1)N2C(=O)c1cccc(F)c1. The van der Waals surface area contributed by atoms with E-state index in [-0.39, 0.29) is 30.1 Å². The van der Waals surface area contributed by atoms with E-state index in [1.807, 2.05) is 0 Å². The van der Waals surface area contributed by atoms with Crippen LogP contribution in [0.5, 0.6) is 0 Å². The smallest absolute Gasteiger partial charge is 0.256 e. The summed E-state index contributed by atoms with van der Waals surface area (Å²) in [6.07, 6.45) is 5.18. The summed E-state index contributed by atoms with van der Waals surface area (Å²) >= 11 is 0. The van der Waals surface area contributed by atoms with E-state index in [9.17, 15) is 14.0 Å². The van der Waals surface area contributed by atoms with Crippen LogP contribution in [0.1, 0.15) is 55.8 Å². The summed E-state index contributed by atoms with van der Waals surface area (Å²) in [5.41, 5.74) is -0.549. The lowest BCUT2D eigenvalue weighted by molar-refractivity contribution is -0.128. The monoisotopic (exact) mass is 404 g/mol. The molecule has 2 atom stereocenters. The first-order valence-electron chi connectivity index (χ1n) is 10.6. The third kappa shape index (κ3) is 4.16. The van der Waals surface area contributed by atoms with Crippen LogP contribution in [0.15, 0.2) is 24.3 Å². The molecular formula is C22H29FN2O4. The highest BCUT2D eigenvalue weighted by Crippen LogP contribution is 2.43. The molecule has 3 fully saturated rings. The fourth-order valence-electron chi connectivity index (χ4n) is 4.68. The predicted octanol–water partition coefficient (Wildman–Crippen LogP) is 2.87. The second-order valence-corrected chi connectivity index (χ2v) is 8.52. The van der Waals surface area contributed by atoms with Gasteiger partial charge in [0, 0.05) is 18.7 Å². The highest BCUT2D eigenvalue weighted by molar-refractivity contribution is 5.98. The number of carbonyl (C=O) groups excluding carboxylic acids is 2. The zero-order valence-corrected chi connectivity index (χ0v) is 16.9. The molecule has 1 spiro atoms. The summed E-state index contributed by atoms with van der Waals surface area (Å²) < 4.78 is 25.5. The van der Waals surface area contributed by atoms with Crippen LogP contribution in [-0.2, 0) is 14.3 Å². The van der Waals surface area contributed by atoms with E-state index in [0.717, 1.165) is 32.3 Å². The molecule has 2 saturated heterocycles. The summed E-state index contributed by atoms with van der Waals surface area (Å²) in [4.78, 5) is 28.0. The molecule has 2 aliphatic heterocycles. The highest BCUT2D eigenvalue weighted by Gasteiger charge is 2.53. The molecule has 0 bridgehead atoms. The second kappa shape index (κ2) is 8.40. The van der Waals surface area contributed by atoms with Gasteiger partial charge in [0.15, 0.2) is 0 Å². The number of nitrogens with one attached hydrogen (secondary N) is 1. The Morgan fingerprint density at radius 1 is 1.28 bits per heavy atom. The van der Waals surface area contributed by atoms with Crippen LogP contribution < -0.4 is 5.32 Å². The van der Waals surface area contributed by atoms with Crippen LogP contribution >= 0.6 is 0 Å². The average Bonchev–Trinajstić information content (AvgIpc) is 3.36. The minimum Gasteiger partial charge on any atom is -0.376 e. The number of nitrogens with zero attached hydrogens (tertiary/aromatic N) is 1. The Kier molecular flexibility index (Phi) is 5.88. The molecule has 7 heteroatoms. The maximum absolute atomic E-state index is 13.8. The Morgan fingerprint density at radius 2 is 2.07 bits per heavy atom. The van der Waals surface area contributed by atoms with E-state index in [0.29, 0.717) is 25.3 Å². The minimum atomic E-state index is -0.790. The van der Waals surface area contributed by atoms with E-state index in [1.165, 1.54) is 18.2 Å². The van der Waals surface area contributed by atoms with Crippen molar-refractivity contribution >= 4 is 11.8 Å². The summed E-state index contributed by atoms with van der Waals surface area (Å²) in [7, 11) is 0. The Labute approximate surface area is 170 Å². The lowest BCUT2D eigenvalue weighted by atomic mass is 9.83. The third-order valence-electron chi connectivity index (χ3n) is 6.44. The van der Waals surface area contributed by atoms with Gasteiger partial charge < -0.3 is 14.8 Å². The molecule has 1 aromatic rings.